The van der Waals surface area contributed by atoms with E-state index < -0.39 is 0 Å². The van der Waals surface area contributed by atoms with Crippen LogP contribution < -0.4 is 5.32 Å². The SMILES string of the molecule is C=C(CNC(CCC)COC)c1ccccc1. The molecule has 0 aliphatic rings. The second kappa shape index (κ2) is 8.04. The molecule has 0 heterocycles. The van der Waals surface area contributed by atoms with Crippen molar-refractivity contribution in [3.63, 3.8) is 0 Å². The van der Waals surface area contributed by atoms with Gasteiger partial charge in [-0.3, -0.25) is 0 Å². The summed E-state index contributed by atoms with van der Waals surface area (Å²) in [7, 11) is 1.75. The summed E-state index contributed by atoms with van der Waals surface area (Å²) in [6.07, 6.45) is 2.30. The maximum atomic E-state index is 5.20. The molecular weight excluding hydrogens is 210 g/mol. The molecule has 1 N–H and O–H groups in total. The zero-order chi connectivity index (χ0) is 12.5. The van der Waals surface area contributed by atoms with E-state index in [-0.39, 0.29) is 0 Å². The molecule has 0 amide bonds. The molecule has 0 fully saturated rings. The molecule has 0 radical (unpaired) electrons. The number of rotatable bonds is 8. The predicted molar refractivity (Wildman–Crippen MR) is 74.1 cm³/mol. The van der Waals surface area contributed by atoms with Gasteiger partial charge < -0.3 is 10.1 Å². The summed E-state index contributed by atoms with van der Waals surface area (Å²) < 4.78 is 5.20. The Hall–Kier alpha value is -1.12. The molecule has 2 nitrogen and oxygen atoms in total. The van der Waals surface area contributed by atoms with Gasteiger partial charge in [-0.05, 0) is 17.6 Å². The average Bonchev–Trinajstić information content (AvgIpc) is 2.37. The summed E-state index contributed by atoms with van der Waals surface area (Å²) in [4.78, 5) is 0. The summed E-state index contributed by atoms with van der Waals surface area (Å²) in [6.45, 7) is 7.88. The van der Waals surface area contributed by atoms with E-state index >= 15 is 0 Å². The van der Waals surface area contributed by atoms with Gasteiger partial charge >= 0.3 is 0 Å². The summed E-state index contributed by atoms with van der Waals surface area (Å²) in [5.41, 5.74) is 2.33. The van der Waals surface area contributed by atoms with Crippen molar-refractivity contribution in [2.75, 3.05) is 20.3 Å². The first kappa shape index (κ1) is 13.9. The number of hydrogen-bond donors (Lipinski definition) is 1. The van der Waals surface area contributed by atoms with Crippen molar-refractivity contribution in [1.82, 2.24) is 5.32 Å². The van der Waals surface area contributed by atoms with E-state index in [1.54, 1.807) is 7.11 Å². The summed E-state index contributed by atoms with van der Waals surface area (Å²) >= 11 is 0. The van der Waals surface area contributed by atoms with Crippen LogP contribution in [0.1, 0.15) is 25.3 Å². The first-order valence-corrected chi connectivity index (χ1v) is 6.23. The minimum atomic E-state index is 0.422. The largest absolute Gasteiger partial charge is 0.383 e. The highest BCUT2D eigenvalue weighted by Gasteiger charge is 2.07. The molecule has 0 bridgehead atoms. The normalized spacial score (nSPS) is 12.4. The molecule has 0 spiro atoms. The zero-order valence-electron chi connectivity index (χ0n) is 10.9. The van der Waals surface area contributed by atoms with E-state index in [4.69, 9.17) is 4.74 Å². The Morgan fingerprint density at radius 1 is 1.35 bits per heavy atom. The van der Waals surface area contributed by atoms with Gasteiger partial charge in [0.25, 0.3) is 0 Å². The van der Waals surface area contributed by atoms with Crippen molar-refractivity contribution in [2.24, 2.45) is 0 Å². The highest BCUT2D eigenvalue weighted by atomic mass is 16.5. The molecule has 0 saturated carbocycles. The van der Waals surface area contributed by atoms with Gasteiger partial charge in [0, 0.05) is 19.7 Å². The van der Waals surface area contributed by atoms with Gasteiger partial charge in [-0.2, -0.15) is 0 Å². The van der Waals surface area contributed by atoms with Crippen LogP contribution in [0.3, 0.4) is 0 Å². The molecule has 0 aliphatic heterocycles. The van der Waals surface area contributed by atoms with E-state index in [1.165, 1.54) is 12.0 Å². The standard InChI is InChI=1S/C15H23NO/c1-4-8-15(12-17-3)16-11-13(2)14-9-6-5-7-10-14/h5-7,9-10,15-16H,2,4,8,11-12H2,1,3H3. The summed E-state index contributed by atoms with van der Waals surface area (Å²) in [5.74, 6) is 0. The van der Waals surface area contributed by atoms with Crippen molar-refractivity contribution in [3.05, 3.63) is 42.5 Å². The maximum Gasteiger partial charge on any atom is 0.0615 e. The lowest BCUT2D eigenvalue weighted by atomic mass is 10.1. The van der Waals surface area contributed by atoms with E-state index in [0.29, 0.717) is 6.04 Å². The molecule has 2 heteroatoms. The van der Waals surface area contributed by atoms with Gasteiger partial charge in [0.1, 0.15) is 0 Å². The second-order valence-electron chi connectivity index (χ2n) is 4.29. The molecule has 1 rings (SSSR count). The summed E-state index contributed by atoms with van der Waals surface area (Å²) in [5, 5.41) is 3.50. The predicted octanol–water partition coefficient (Wildman–Crippen LogP) is 3.10. The Bertz CT molecular complexity index is 315. The molecule has 0 aromatic heterocycles. The minimum absolute atomic E-state index is 0.422. The van der Waals surface area contributed by atoms with Crippen LogP contribution in [0, 0.1) is 0 Å². The van der Waals surface area contributed by atoms with Crippen LogP contribution in [-0.4, -0.2) is 26.3 Å². The molecule has 1 aromatic rings. The number of hydrogen-bond acceptors (Lipinski definition) is 2. The smallest absolute Gasteiger partial charge is 0.0615 e. The number of ether oxygens (including phenoxy) is 1. The average molecular weight is 233 g/mol. The van der Waals surface area contributed by atoms with Crippen LogP contribution in [-0.2, 0) is 4.74 Å². The Morgan fingerprint density at radius 2 is 2.06 bits per heavy atom. The van der Waals surface area contributed by atoms with Gasteiger partial charge in [0.05, 0.1) is 6.61 Å². The fourth-order valence-electron chi connectivity index (χ4n) is 1.84. The van der Waals surface area contributed by atoms with Gasteiger partial charge in [-0.1, -0.05) is 50.3 Å². The van der Waals surface area contributed by atoms with Crippen LogP contribution in [0.15, 0.2) is 36.9 Å². The third kappa shape index (κ3) is 5.16. The van der Waals surface area contributed by atoms with Crippen molar-refractivity contribution >= 4 is 5.57 Å². The lowest BCUT2D eigenvalue weighted by molar-refractivity contribution is 0.164. The molecule has 0 aliphatic carbocycles. The molecule has 1 aromatic carbocycles. The van der Waals surface area contributed by atoms with Gasteiger partial charge in [-0.25, -0.2) is 0 Å². The van der Waals surface area contributed by atoms with Crippen LogP contribution in [0.4, 0.5) is 0 Å². The van der Waals surface area contributed by atoms with Crippen LogP contribution in [0.25, 0.3) is 5.57 Å². The fraction of sp³-hybridized carbons (Fsp3) is 0.467. The lowest BCUT2D eigenvalue weighted by Gasteiger charge is -2.18. The molecule has 94 valence electrons. The monoisotopic (exact) mass is 233 g/mol. The maximum absolute atomic E-state index is 5.20. The van der Waals surface area contributed by atoms with E-state index in [1.807, 2.05) is 18.2 Å². The number of nitrogens with one attached hydrogen (secondary N) is 1. The Morgan fingerprint density at radius 3 is 2.65 bits per heavy atom. The van der Waals surface area contributed by atoms with Crippen LogP contribution >= 0.6 is 0 Å². The molecule has 1 atom stereocenters. The van der Waals surface area contributed by atoms with Gasteiger partial charge in [0.2, 0.25) is 0 Å². The van der Waals surface area contributed by atoms with Crippen molar-refractivity contribution in [1.29, 1.82) is 0 Å². The summed E-state index contributed by atoms with van der Waals surface area (Å²) in [6, 6.07) is 10.7. The van der Waals surface area contributed by atoms with Gasteiger partial charge in [0.15, 0.2) is 0 Å². The Labute approximate surface area is 105 Å². The van der Waals surface area contributed by atoms with Crippen LogP contribution in [0.2, 0.25) is 0 Å². The molecule has 0 saturated heterocycles. The quantitative estimate of drug-likeness (QED) is 0.745. The van der Waals surface area contributed by atoms with E-state index in [0.717, 1.165) is 25.1 Å². The van der Waals surface area contributed by atoms with Crippen LogP contribution in [0.5, 0.6) is 0 Å². The van der Waals surface area contributed by atoms with Crippen molar-refractivity contribution < 1.29 is 4.74 Å². The van der Waals surface area contributed by atoms with Crippen molar-refractivity contribution in [3.8, 4) is 0 Å². The Balaban J connectivity index is 2.41. The third-order valence-electron chi connectivity index (χ3n) is 2.79. The Kier molecular flexibility index (Phi) is 6.60. The molecule has 17 heavy (non-hydrogen) atoms. The highest BCUT2D eigenvalue weighted by molar-refractivity contribution is 5.64. The van der Waals surface area contributed by atoms with E-state index in [2.05, 4.69) is 31.0 Å². The first-order chi connectivity index (χ1) is 8.27. The zero-order valence-corrected chi connectivity index (χ0v) is 10.9. The van der Waals surface area contributed by atoms with Crippen molar-refractivity contribution in [2.45, 2.75) is 25.8 Å². The van der Waals surface area contributed by atoms with E-state index in [9.17, 15) is 0 Å². The number of benzene rings is 1. The fourth-order valence-corrected chi connectivity index (χ4v) is 1.84. The third-order valence-corrected chi connectivity index (χ3v) is 2.79. The number of methoxy groups -OCH3 is 1. The first-order valence-electron chi connectivity index (χ1n) is 6.23. The highest BCUT2D eigenvalue weighted by Crippen LogP contribution is 2.10. The lowest BCUT2D eigenvalue weighted by Crippen LogP contribution is -2.34. The molecular formula is C15H23NO. The minimum Gasteiger partial charge on any atom is -0.383 e. The molecule has 1 unspecified atom stereocenters. The van der Waals surface area contributed by atoms with Gasteiger partial charge in [-0.15, -0.1) is 0 Å². The second-order valence-corrected chi connectivity index (χ2v) is 4.29. The topological polar surface area (TPSA) is 21.3 Å².